The standard InChI is InChI=1S/C19H20ClN3O2S/c1-2-18(24)23-11-9-22(10-12-23)15-5-3-14(4-6-15)13-21-19(25)16-7-8-17(20)26-16/h2-8H,1,9-13H2,(H,21,25). The van der Waals surface area contributed by atoms with Gasteiger partial charge >= 0.3 is 0 Å². The monoisotopic (exact) mass is 389 g/mol. The zero-order valence-corrected chi connectivity index (χ0v) is 15.9. The van der Waals surface area contributed by atoms with E-state index in [0.717, 1.165) is 24.3 Å². The smallest absolute Gasteiger partial charge is 0.261 e. The van der Waals surface area contributed by atoms with Gasteiger partial charge in [-0.2, -0.15) is 0 Å². The molecule has 2 amide bonds. The highest BCUT2D eigenvalue weighted by Gasteiger charge is 2.19. The third kappa shape index (κ3) is 4.45. The van der Waals surface area contributed by atoms with Gasteiger partial charge in [0.1, 0.15) is 0 Å². The van der Waals surface area contributed by atoms with Gasteiger partial charge in [0.05, 0.1) is 9.21 Å². The lowest BCUT2D eigenvalue weighted by molar-refractivity contribution is -0.126. The Balaban J connectivity index is 1.51. The van der Waals surface area contributed by atoms with E-state index in [2.05, 4.69) is 28.9 Å². The van der Waals surface area contributed by atoms with Gasteiger partial charge in [-0.05, 0) is 35.9 Å². The quantitative estimate of drug-likeness (QED) is 0.799. The van der Waals surface area contributed by atoms with E-state index in [0.29, 0.717) is 28.8 Å². The molecule has 1 fully saturated rings. The van der Waals surface area contributed by atoms with E-state index in [1.807, 2.05) is 17.0 Å². The van der Waals surface area contributed by atoms with Crippen molar-refractivity contribution < 1.29 is 9.59 Å². The normalized spacial score (nSPS) is 14.2. The lowest BCUT2D eigenvalue weighted by Gasteiger charge is -2.35. The van der Waals surface area contributed by atoms with E-state index in [9.17, 15) is 9.59 Å². The van der Waals surface area contributed by atoms with Crippen LogP contribution in [0.5, 0.6) is 0 Å². The van der Waals surface area contributed by atoms with Crippen molar-refractivity contribution in [3.63, 3.8) is 0 Å². The molecular weight excluding hydrogens is 370 g/mol. The molecule has 0 atom stereocenters. The van der Waals surface area contributed by atoms with Crippen LogP contribution in [0.4, 0.5) is 5.69 Å². The Morgan fingerprint density at radius 3 is 2.38 bits per heavy atom. The fourth-order valence-electron chi connectivity index (χ4n) is 2.84. The zero-order valence-electron chi connectivity index (χ0n) is 14.3. The van der Waals surface area contributed by atoms with Gasteiger partial charge in [-0.25, -0.2) is 0 Å². The first-order chi connectivity index (χ1) is 12.6. The first-order valence-corrected chi connectivity index (χ1v) is 9.55. The van der Waals surface area contributed by atoms with E-state index in [-0.39, 0.29) is 11.8 Å². The van der Waals surface area contributed by atoms with Gasteiger partial charge in [0, 0.05) is 38.4 Å². The molecule has 1 saturated heterocycles. The summed E-state index contributed by atoms with van der Waals surface area (Å²) in [6.45, 7) is 7.00. The lowest BCUT2D eigenvalue weighted by Crippen LogP contribution is -2.48. The number of nitrogens with zero attached hydrogens (tertiary/aromatic N) is 2. The minimum absolute atomic E-state index is 0.0113. The maximum Gasteiger partial charge on any atom is 0.261 e. The highest BCUT2D eigenvalue weighted by Crippen LogP contribution is 2.21. The van der Waals surface area contributed by atoms with Crippen molar-refractivity contribution in [2.45, 2.75) is 6.54 Å². The summed E-state index contributed by atoms with van der Waals surface area (Å²) in [7, 11) is 0. The second-order valence-corrected chi connectivity index (χ2v) is 7.68. The summed E-state index contributed by atoms with van der Waals surface area (Å²) < 4.78 is 0.606. The van der Waals surface area contributed by atoms with Crippen molar-refractivity contribution in [2.75, 3.05) is 31.1 Å². The van der Waals surface area contributed by atoms with E-state index >= 15 is 0 Å². The molecule has 1 aliphatic rings. The third-order valence-corrected chi connectivity index (χ3v) is 5.55. The number of hydrogen-bond donors (Lipinski definition) is 1. The summed E-state index contributed by atoms with van der Waals surface area (Å²) in [6, 6.07) is 11.6. The van der Waals surface area contributed by atoms with Crippen LogP contribution < -0.4 is 10.2 Å². The van der Waals surface area contributed by atoms with Crippen LogP contribution in [0.15, 0.2) is 49.1 Å². The number of halogens is 1. The molecule has 1 aliphatic heterocycles. The largest absolute Gasteiger partial charge is 0.368 e. The number of piperazine rings is 1. The highest BCUT2D eigenvalue weighted by atomic mass is 35.5. The van der Waals surface area contributed by atoms with Crippen LogP contribution in [0.1, 0.15) is 15.2 Å². The van der Waals surface area contributed by atoms with Gasteiger partial charge in [-0.1, -0.05) is 30.3 Å². The van der Waals surface area contributed by atoms with Gasteiger partial charge in [0.25, 0.3) is 5.91 Å². The molecule has 1 aromatic heterocycles. The van der Waals surface area contributed by atoms with Crippen molar-refractivity contribution in [1.29, 1.82) is 0 Å². The first kappa shape index (κ1) is 18.5. The Kier molecular flexibility index (Phi) is 5.96. The van der Waals surface area contributed by atoms with Gasteiger partial charge in [-0.3, -0.25) is 9.59 Å². The van der Waals surface area contributed by atoms with Crippen LogP contribution in [0.25, 0.3) is 0 Å². The van der Waals surface area contributed by atoms with Gasteiger partial charge < -0.3 is 15.1 Å². The van der Waals surface area contributed by atoms with Crippen LogP contribution in [-0.2, 0) is 11.3 Å². The van der Waals surface area contributed by atoms with Crippen LogP contribution in [0.2, 0.25) is 4.34 Å². The Bertz CT molecular complexity index is 795. The number of carbonyl (C=O) groups excluding carboxylic acids is 2. The molecule has 1 N–H and O–H groups in total. The number of amides is 2. The Morgan fingerprint density at radius 1 is 1.12 bits per heavy atom. The SMILES string of the molecule is C=CC(=O)N1CCN(c2ccc(CNC(=O)c3ccc(Cl)s3)cc2)CC1. The van der Waals surface area contributed by atoms with E-state index in [4.69, 9.17) is 11.6 Å². The molecule has 1 aromatic carbocycles. The number of thiophene rings is 1. The van der Waals surface area contributed by atoms with Crippen molar-refractivity contribution in [1.82, 2.24) is 10.2 Å². The second kappa shape index (κ2) is 8.38. The minimum Gasteiger partial charge on any atom is -0.368 e. The molecule has 0 radical (unpaired) electrons. The van der Waals surface area contributed by atoms with Crippen molar-refractivity contribution in [2.24, 2.45) is 0 Å². The predicted molar refractivity (Wildman–Crippen MR) is 106 cm³/mol. The van der Waals surface area contributed by atoms with Crippen LogP contribution in [0.3, 0.4) is 0 Å². The number of nitrogens with one attached hydrogen (secondary N) is 1. The molecule has 0 bridgehead atoms. The topological polar surface area (TPSA) is 52.7 Å². The van der Waals surface area contributed by atoms with Crippen molar-refractivity contribution in [3.8, 4) is 0 Å². The molecule has 26 heavy (non-hydrogen) atoms. The molecule has 3 rings (SSSR count). The average molecular weight is 390 g/mol. The van der Waals surface area contributed by atoms with Gasteiger partial charge in [0.2, 0.25) is 5.91 Å². The molecule has 0 aliphatic carbocycles. The summed E-state index contributed by atoms with van der Waals surface area (Å²) >= 11 is 7.12. The van der Waals surface area contributed by atoms with Gasteiger partial charge in [0.15, 0.2) is 0 Å². The summed E-state index contributed by atoms with van der Waals surface area (Å²) in [4.78, 5) is 28.4. The van der Waals surface area contributed by atoms with E-state index in [1.165, 1.54) is 17.4 Å². The molecular formula is C19H20ClN3O2S. The molecule has 2 heterocycles. The molecule has 136 valence electrons. The second-order valence-electron chi connectivity index (χ2n) is 5.97. The van der Waals surface area contributed by atoms with Crippen LogP contribution >= 0.6 is 22.9 Å². The first-order valence-electron chi connectivity index (χ1n) is 8.35. The lowest BCUT2D eigenvalue weighted by atomic mass is 10.1. The zero-order chi connectivity index (χ0) is 18.5. The maximum atomic E-state index is 12.0. The van der Waals surface area contributed by atoms with Crippen molar-refractivity contribution in [3.05, 3.63) is 63.8 Å². The van der Waals surface area contributed by atoms with Crippen LogP contribution in [0, 0.1) is 0 Å². The fraction of sp³-hybridized carbons (Fsp3) is 0.263. The number of rotatable bonds is 5. The Hall–Kier alpha value is -2.31. The van der Waals surface area contributed by atoms with E-state index in [1.54, 1.807) is 12.1 Å². The number of benzene rings is 1. The Labute approximate surface area is 161 Å². The number of hydrogen-bond acceptors (Lipinski definition) is 4. The molecule has 5 nitrogen and oxygen atoms in total. The average Bonchev–Trinajstić information content (AvgIpc) is 3.12. The van der Waals surface area contributed by atoms with Gasteiger partial charge in [-0.15, -0.1) is 11.3 Å². The molecule has 0 spiro atoms. The molecule has 7 heteroatoms. The van der Waals surface area contributed by atoms with Crippen molar-refractivity contribution >= 4 is 40.4 Å². The Morgan fingerprint density at radius 2 is 1.81 bits per heavy atom. The molecule has 0 unspecified atom stereocenters. The van der Waals surface area contributed by atoms with Crippen LogP contribution in [-0.4, -0.2) is 42.9 Å². The highest BCUT2D eigenvalue weighted by molar-refractivity contribution is 7.17. The predicted octanol–water partition coefficient (Wildman–Crippen LogP) is 3.17. The maximum absolute atomic E-state index is 12.0. The molecule has 0 saturated carbocycles. The minimum atomic E-state index is -0.117. The summed E-state index contributed by atoms with van der Waals surface area (Å²) in [6.07, 6.45) is 1.36. The summed E-state index contributed by atoms with van der Waals surface area (Å²) in [5.74, 6) is -0.128. The van der Waals surface area contributed by atoms with E-state index < -0.39 is 0 Å². The third-order valence-electron chi connectivity index (χ3n) is 4.32. The summed E-state index contributed by atoms with van der Waals surface area (Å²) in [5, 5.41) is 2.90. The number of carbonyl (C=O) groups is 2. The summed E-state index contributed by atoms with van der Waals surface area (Å²) in [5.41, 5.74) is 2.15. The molecule has 2 aromatic rings. The fourth-order valence-corrected chi connectivity index (χ4v) is 3.80. The number of anilines is 1.